The van der Waals surface area contributed by atoms with Gasteiger partial charge in [-0.05, 0) is 43.8 Å². The van der Waals surface area contributed by atoms with Gasteiger partial charge in [-0.3, -0.25) is 4.79 Å². The van der Waals surface area contributed by atoms with Crippen LogP contribution in [0.1, 0.15) is 17.3 Å². The maximum atomic E-state index is 13.8. The van der Waals surface area contributed by atoms with Crippen molar-refractivity contribution in [2.24, 2.45) is 0 Å². The van der Waals surface area contributed by atoms with E-state index in [1.54, 1.807) is 21.0 Å². The summed E-state index contributed by atoms with van der Waals surface area (Å²) in [7, 11) is 3.26. The molecule has 2 atom stereocenters. The third kappa shape index (κ3) is 4.01. The van der Waals surface area contributed by atoms with E-state index in [4.69, 9.17) is 5.21 Å². The lowest BCUT2D eigenvalue weighted by atomic mass is 10.0. The van der Waals surface area contributed by atoms with E-state index in [1.165, 1.54) is 47.4 Å². The maximum Gasteiger partial charge on any atom is 0.253 e. The molecule has 2 rings (SSSR count). The molecule has 0 heterocycles. The molecule has 0 aromatic heterocycles. The van der Waals surface area contributed by atoms with E-state index >= 15 is 0 Å². The number of hydrogen-bond acceptors (Lipinski definition) is 4. The fourth-order valence-electron chi connectivity index (χ4n) is 2.58. The lowest BCUT2D eigenvalue weighted by Gasteiger charge is -2.31. The molecule has 5 nitrogen and oxygen atoms in total. The quantitative estimate of drug-likeness (QED) is 0.554. The van der Waals surface area contributed by atoms with Crippen molar-refractivity contribution < 1.29 is 18.8 Å². The number of rotatable bonds is 6. The summed E-state index contributed by atoms with van der Waals surface area (Å²) in [4.78, 5) is 14.0. The molecule has 2 unspecified atom stereocenters. The van der Waals surface area contributed by atoms with Crippen LogP contribution in [0.5, 0.6) is 0 Å². The molecule has 0 bridgehead atoms. The second kappa shape index (κ2) is 8.15. The number of hydroxylamine groups is 1. The van der Waals surface area contributed by atoms with Gasteiger partial charge in [-0.15, -0.1) is 0 Å². The summed E-state index contributed by atoms with van der Waals surface area (Å²) < 4.78 is 27.7. The Morgan fingerprint density at radius 2 is 1.68 bits per heavy atom. The van der Waals surface area contributed by atoms with Gasteiger partial charge in [-0.25, -0.2) is 8.78 Å². The molecule has 0 fully saturated rings. The lowest BCUT2D eigenvalue weighted by molar-refractivity contribution is 0.0493. The summed E-state index contributed by atoms with van der Waals surface area (Å²) in [6.45, 7) is 1.77. The molecule has 0 aliphatic carbocycles. The number of amides is 1. The van der Waals surface area contributed by atoms with Crippen molar-refractivity contribution in [3.8, 4) is 11.1 Å². The van der Waals surface area contributed by atoms with Gasteiger partial charge in [0.05, 0.1) is 11.6 Å². The van der Waals surface area contributed by atoms with Crippen LogP contribution in [0, 0.1) is 11.6 Å². The Morgan fingerprint density at radius 3 is 2.16 bits per heavy atom. The first-order chi connectivity index (χ1) is 11.9. The molecule has 7 heteroatoms. The van der Waals surface area contributed by atoms with Crippen molar-refractivity contribution in [3.05, 3.63) is 59.7 Å². The molecule has 0 radical (unpaired) electrons. The standard InChI is InChI=1S/C18H21F2N3O2/c1-11(17(21-2)22-25)23(3)18(24)13-9-7-12(8-10-13)16-14(19)5-4-6-15(16)20/h4-11,17,21-22,25H,1-3H3. The van der Waals surface area contributed by atoms with E-state index in [0.717, 1.165) is 0 Å². The average Bonchev–Trinajstić information content (AvgIpc) is 2.62. The summed E-state index contributed by atoms with van der Waals surface area (Å²) in [6, 6.07) is 9.39. The second-order valence-corrected chi connectivity index (χ2v) is 5.73. The fourth-order valence-corrected chi connectivity index (χ4v) is 2.58. The van der Waals surface area contributed by atoms with Gasteiger partial charge in [-0.1, -0.05) is 18.2 Å². The minimum absolute atomic E-state index is 0.122. The first-order valence-corrected chi connectivity index (χ1v) is 7.79. The van der Waals surface area contributed by atoms with Gasteiger partial charge in [0, 0.05) is 12.6 Å². The summed E-state index contributed by atoms with van der Waals surface area (Å²) >= 11 is 0. The molecule has 0 saturated heterocycles. The zero-order chi connectivity index (χ0) is 18.6. The summed E-state index contributed by atoms with van der Waals surface area (Å²) in [5.74, 6) is -1.59. The Kier molecular flexibility index (Phi) is 6.19. The van der Waals surface area contributed by atoms with Crippen LogP contribution in [0.15, 0.2) is 42.5 Å². The summed E-state index contributed by atoms with van der Waals surface area (Å²) in [5, 5.41) is 11.9. The topological polar surface area (TPSA) is 64.6 Å². The normalized spacial score (nSPS) is 13.4. The largest absolute Gasteiger partial charge is 0.336 e. The minimum Gasteiger partial charge on any atom is -0.336 e. The molecule has 2 aromatic carbocycles. The number of carbonyl (C=O) groups excluding carboxylic acids is 1. The lowest BCUT2D eigenvalue weighted by Crippen LogP contribution is -2.54. The van der Waals surface area contributed by atoms with Gasteiger partial charge in [0.1, 0.15) is 17.8 Å². The Hall–Kier alpha value is -2.35. The van der Waals surface area contributed by atoms with Gasteiger partial charge < -0.3 is 15.4 Å². The van der Waals surface area contributed by atoms with Crippen LogP contribution in [0.2, 0.25) is 0 Å². The number of nitrogens with zero attached hydrogens (tertiary/aromatic N) is 1. The van der Waals surface area contributed by atoms with E-state index in [-0.39, 0.29) is 17.5 Å². The molecule has 25 heavy (non-hydrogen) atoms. The molecular weight excluding hydrogens is 328 g/mol. The first-order valence-electron chi connectivity index (χ1n) is 7.79. The number of halogens is 2. The number of likely N-dealkylation sites (N-methyl/N-ethyl adjacent to an activating group) is 2. The van der Waals surface area contributed by atoms with E-state index in [1.807, 2.05) is 0 Å². The molecule has 2 aromatic rings. The molecule has 3 N–H and O–H groups in total. The SMILES string of the molecule is CNC(NO)C(C)N(C)C(=O)c1ccc(-c2c(F)cccc2F)cc1. The fraction of sp³-hybridized carbons (Fsp3) is 0.278. The summed E-state index contributed by atoms with van der Waals surface area (Å²) in [5.41, 5.74) is 2.70. The summed E-state index contributed by atoms with van der Waals surface area (Å²) in [6.07, 6.45) is -0.499. The number of hydrogen-bond donors (Lipinski definition) is 3. The highest BCUT2D eigenvalue weighted by Crippen LogP contribution is 2.26. The van der Waals surface area contributed by atoms with Crippen LogP contribution in [0.3, 0.4) is 0 Å². The van der Waals surface area contributed by atoms with E-state index in [9.17, 15) is 13.6 Å². The van der Waals surface area contributed by atoms with E-state index < -0.39 is 17.8 Å². The van der Waals surface area contributed by atoms with Crippen LogP contribution in [-0.4, -0.2) is 42.3 Å². The van der Waals surface area contributed by atoms with Crippen molar-refractivity contribution >= 4 is 5.91 Å². The van der Waals surface area contributed by atoms with E-state index in [2.05, 4.69) is 10.8 Å². The minimum atomic E-state index is -0.657. The van der Waals surface area contributed by atoms with Crippen LogP contribution >= 0.6 is 0 Å². The average molecular weight is 349 g/mol. The monoisotopic (exact) mass is 349 g/mol. The van der Waals surface area contributed by atoms with Crippen molar-refractivity contribution in [1.29, 1.82) is 0 Å². The van der Waals surface area contributed by atoms with Crippen LogP contribution < -0.4 is 10.8 Å². The first kappa shape index (κ1) is 19.0. The predicted octanol–water partition coefficient (Wildman–Crippen LogP) is 2.62. The number of benzene rings is 2. The van der Waals surface area contributed by atoms with Gasteiger partial charge >= 0.3 is 0 Å². The molecule has 0 aliphatic heterocycles. The highest BCUT2D eigenvalue weighted by Gasteiger charge is 2.24. The molecule has 0 spiro atoms. The van der Waals surface area contributed by atoms with Gasteiger partial charge in [-0.2, -0.15) is 5.48 Å². The third-order valence-corrected chi connectivity index (χ3v) is 4.25. The van der Waals surface area contributed by atoms with Crippen molar-refractivity contribution in [1.82, 2.24) is 15.7 Å². The van der Waals surface area contributed by atoms with Gasteiger partial charge in [0.25, 0.3) is 5.91 Å². The molecule has 0 saturated carbocycles. The maximum absolute atomic E-state index is 13.8. The molecular formula is C18H21F2N3O2. The zero-order valence-electron chi connectivity index (χ0n) is 14.3. The van der Waals surface area contributed by atoms with E-state index in [0.29, 0.717) is 11.1 Å². The Balaban J connectivity index is 2.23. The van der Waals surface area contributed by atoms with Gasteiger partial charge in [0.15, 0.2) is 0 Å². The van der Waals surface area contributed by atoms with Crippen LogP contribution in [0.25, 0.3) is 11.1 Å². The highest BCUT2D eigenvalue weighted by atomic mass is 19.1. The number of nitrogens with one attached hydrogen (secondary N) is 2. The van der Waals surface area contributed by atoms with Crippen LogP contribution in [-0.2, 0) is 0 Å². The molecule has 0 aliphatic rings. The highest BCUT2D eigenvalue weighted by molar-refractivity contribution is 5.94. The van der Waals surface area contributed by atoms with Crippen LogP contribution in [0.4, 0.5) is 8.78 Å². The smallest absolute Gasteiger partial charge is 0.253 e. The molecule has 1 amide bonds. The second-order valence-electron chi connectivity index (χ2n) is 5.73. The Bertz CT molecular complexity index is 713. The third-order valence-electron chi connectivity index (χ3n) is 4.25. The van der Waals surface area contributed by atoms with Crippen molar-refractivity contribution in [2.45, 2.75) is 19.1 Å². The van der Waals surface area contributed by atoms with Crippen molar-refractivity contribution in [2.75, 3.05) is 14.1 Å². The van der Waals surface area contributed by atoms with Gasteiger partial charge in [0.2, 0.25) is 0 Å². The zero-order valence-corrected chi connectivity index (χ0v) is 14.3. The predicted molar refractivity (Wildman–Crippen MR) is 91.1 cm³/mol. The number of carbonyl (C=O) groups is 1. The molecule has 134 valence electrons. The van der Waals surface area contributed by atoms with Crippen molar-refractivity contribution in [3.63, 3.8) is 0 Å². The Labute approximate surface area is 145 Å². The Morgan fingerprint density at radius 1 is 1.12 bits per heavy atom.